The van der Waals surface area contributed by atoms with Gasteiger partial charge in [-0.15, -0.1) is 0 Å². The van der Waals surface area contributed by atoms with Crippen LogP contribution in [-0.4, -0.2) is 121 Å². The molecule has 0 heterocycles. The van der Waals surface area contributed by atoms with Crippen molar-refractivity contribution in [2.24, 2.45) is 46.6 Å². The Balaban J connectivity index is -0.000000425. The predicted molar refractivity (Wildman–Crippen MR) is 275 cm³/mol. The molecule has 18 nitrogen and oxygen atoms in total. The Kier molecular flexibility index (Phi) is 48.7. The highest BCUT2D eigenvalue weighted by Crippen LogP contribution is 2.10. The van der Waals surface area contributed by atoms with Crippen LogP contribution in [0.4, 0.5) is 0 Å². The number of nitrogens with two attached hydrogens (primary N) is 4. The molecular weight excluding hydrogens is 905 g/mol. The van der Waals surface area contributed by atoms with Gasteiger partial charge < -0.3 is 61.6 Å². The fourth-order valence-electron chi connectivity index (χ4n) is 5.86. The third-order valence-electron chi connectivity index (χ3n) is 9.85. The maximum absolute atomic E-state index is 11.7. The molecule has 70 heavy (non-hydrogen) atoms. The summed E-state index contributed by atoms with van der Waals surface area (Å²) < 4.78 is 30.5. The SMILES string of the molecule is CC(C)C[C@H](N)C(=O)OCC[C@@H](C)O.CC(C)C[C@H](N)C(=O)OCC[C@@H](C)OC(=O)[C@@H](N)CC(C)C.CCCCCC(=O)OCC[C@@H](C)O.CCCCCC(=O)O[C@H](C)CCOC(=O)[C@@H](N)CC(C)C. The number of hydrogen-bond acceptors (Lipinski definition) is 18. The first-order chi connectivity index (χ1) is 32.6. The van der Waals surface area contributed by atoms with E-state index in [-0.39, 0.29) is 62.0 Å². The summed E-state index contributed by atoms with van der Waals surface area (Å²) in [4.78, 5) is 68.7. The molecule has 0 fully saturated rings. The second-order valence-corrected chi connectivity index (χ2v) is 20.0. The normalized spacial score (nSPS) is 14.4. The van der Waals surface area contributed by atoms with Crippen molar-refractivity contribution >= 4 is 35.8 Å². The molecular formula is C52H104N4O14. The third-order valence-corrected chi connectivity index (χ3v) is 9.85. The van der Waals surface area contributed by atoms with E-state index >= 15 is 0 Å². The van der Waals surface area contributed by atoms with Crippen molar-refractivity contribution < 1.29 is 67.4 Å². The van der Waals surface area contributed by atoms with E-state index in [1.807, 2.05) is 55.4 Å². The summed E-state index contributed by atoms with van der Waals surface area (Å²) >= 11 is 0. The van der Waals surface area contributed by atoms with Crippen molar-refractivity contribution in [3.8, 4) is 0 Å². The lowest BCUT2D eigenvalue weighted by Gasteiger charge is -2.18. The maximum atomic E-state index is 11.7. The molecule has 0 aliphatic heterocycles. The number of esters is 6. The molecule has 0 aromatic rings. The highest BCUT2D eigenvalue weighted by atomic mass is 16.6. The van der Waals surface area contributed by atoms with E-state index in [1.54, 1.807) is 27.7 Å². The van der Waals surface area contributed by atoms with E-state index in [1.165, 1.54) is 0 Å². The van der Waals surface area contributed by atoms with Gasteiger partial charge in [0, 0.05) is 38.5 Å². The number of aliphatic hydroxyl groups is 2. The number of carbonyl (C=O) groups is 6. The second-order valence-electron chi connectivity index (χ2n) is 20.0. The van der Waals surface area contributed by atoms with Gasteiger partial charge in [-0.1, -0.05) is 94.9 Å². The number of carbonyl (C=O) groups excluding carboxylic acids is 6. The van der Waals surface area contributed by atoms with E-state index < -0.39 is 42.2 Å². The van der Waals surface area contributed by atoms with Crippen molar-refractivity contribution in [2.45, 2.75) is 248 Å². The van der Waals surface area contributed by atoms with Crippen LogP contribution in [-0.2, 0) is 57.2 Å². The van der Waals surface area contributed by atoms with Gasteiger partial charge in [0.15, 0.2) is 0 Å². The molecule has 0 aliphatic rings. The minimum atomic E-state index is -0.607. The first-order valence-electron chi connectivity index (χ1n) is 26.0. The molecule has 0 unspecified atom stereocenters. The summed E-state index contributed by atoms with van der Waals surface area (Å²) in [6.07, 6.45) is 9.96. The highest BCUT2D eigenvalue weighted by Gasteiger charge is 2.21. The minimum absolute atomic E-state index is 0.144. The molecule has 0 saturated heterocycles. The van der Waals surface area contributed by atoms with Crippen molar-refractivity contribution in [2.75, 3.05) is 26.4 Å². The topological polar surface area (TPSA) is 302 Å². The molecule has 0 aliphatic carbocycles. The van der Waals surface area contributed by atoms with Crippen LogP contribution < -0.4 is 22.9 Å². The van der Waals surface area contributed by atoms with Gasteiger partial charge >= 0.3 is 35.8 Å². The number of aliphatic hydroxyl groups excluding tert-OH is 2. The fourth-order valence-corrected chi connectivity index (χ4v) is 5.86. The monoisotopic (exact) mass is 1010 g/mol. The van der Waals surface area contributed by atoms with Crippen LogP contribution in [0.15, 0.2) is 0 Å². The van der Waals surface area contributed by atoms with Gasteiger partial charge in [-0.2, -0.15) is 0 Å². The molecule has 0 aromatic carbocycles. The zero-order chi connectivity index (χ0) is 54.8. The second kappa shape index (κ2) is 46.6. The molecule has 8 atom stereocenters. The van der Waals surface area contributed by atoms with Gasteiger partial charge in [-0.05, 0) is 89.9 Å². The molecule has 0 saturated carbocycles. The maximum Gasteiger partial charge on any atom is 0.323 e. The van der Waals surface area contributed by atoms with Crippen molar-refractivity contribution in [3.63, 3.8) is 0 Å². The van der Waals surface area contributed by atoms with Crippen molar-refractivity contribution in [1.82, 2.24) is 0 Å². The number of hydrogen-bond donors (Lipinski definition) is 6. The number of rotatable bonds is 34. The minimum Gasteiger partial charge on any atom is -0.466 e. The summed E-state index contributed by atoms with van der Waals surface area (Å²) in [5, 5.41) is 17.8. The molecule has 0 bridgehead atoms. The van der Waals surface area contributed by atoms with Crippen LogP contribution in [0.5, 0.6) is 0 Å². The first kappa shape index (κ1) is 73.1. The van der Waals surface area contributed by atoms with Gasteiger partial charge in [0.2, 0.25) is 0 Å². The van der Waals surface area contributed by atoms with E-state index in [4.69, 9.17) is 61.6 Å². The summed E-state index contributed by atoms with van der Waals surface area (Å²) in [5.41, 5.74) is 22.8. The Morgan fingerprint density at radius 2 is 0.671 bits per heavy atom. The van der Waals surface area contributed by atoms with Crippen LogP contribution in [0.2, 0.25) is 0 Å². The van der Waals surface area contributed by atoms with E-state index in [0.29, 0.717) is 94.5 Å². The van der Waals surface area contributed by atoms with Gasteiger partial charge in [0.25, 0.3) is 0 Å². The molecule has 0 radical (unpaired) electrons. The highest BCUT2D eigenvalue weighted by molar-refractivity contribution is 5.76. The molecule has 10 N–H and O–H groups in total. The summed E-state index contributed by atoms with van der Waals surface area (Å²) in [6.45, 7) is 28.1. The van der Waals surface area contributed by atoms with Crippen LogP contribution in [0.3, 0.4) is 0 Å². The Morgan fingerprint density at radius 3 is 0.986 bits per heavy atom. The number of ether oxygens (including phenoxy) is 6. The lowest BCUT2D eigenvalue weighted by atomic mass is 10.0. The summed E-state index contributed by atoms with van der Waals surface area (Å²) in [7, 11) is 0. The molecule has 416 valence electrons. The zero-order valence-electron chi connectivity index (χ0n) is 46.2. The Bertz CT molecular complexity index is 1330. The lowest BCUT2D eigenvalue weighted by Crippen LogP contribution is -2.36. The molecule has 0 rings (SSSR count). The van der Waals surface area contributed by atoms with Gasteiger partial charge in [-0.3, -0.25) is 28.8 Å². The predicted octanol–water partition coefficient (Wildman–Crippen LogP) is 6.96. The lowest BCUT2D eigenvalue weighted by molar-refractivity contribution is -0.153. The van der Waals surface area contributed by atoms with Gasteiger partial charge in [0.05, 0.1) is 38.6 Å². The van der Waals surface area contributed by atoms with Crippen LogP contribution in [0.1, 0.15) is 200 Å². The van der Waals surface area contributed by atoms with Gasteiger partial charge in [0.1, 0.15) is 36.4 Å². The molecule has 0 spiro atoms. The van der Waals surface area contributed by atoms with Gasteiger partial charge in [-0.25, -0.2) is 0 Å². The standard InChI is InChI=1S/C16H32N2O4.C16H31NO4.C10H21NO3.C10H20O3/c1-10(2)8-13(17)15(19)21-7-6-12(5)22-16(20)14(18)9-11(3)4;1-5-6-7-8-15(18)21-13(4)9-10-20-16(19)14(17)11-12(2)3;1-7(2)6-9(11)10(13)14-5-4-8(3)12;1-3-4-5-6-10(12)13-8-7-9(2)11/h10-14H,6-9,17-18H2,1-5H3;12-14H,5-11,17H2,1-4H3;7-9,12H,4-6,11H2,1-3H3;9,11H,3-8H2,1-2H3/t12-,13+,14+;13-,14+;8-,9+;9-/m1111/s1. The van der Waals surface area contributed by atoms with Crippen LogP contribution in [0.25, 0.3) is 0 Å². The first-order valence-corrected chi connectivity index (χ1v) is 26.0. The summed E-state index contributed by atoms with van der Waals surface area (Å²) in [6, 6.07) is -2.32. The smallest absolute Gasteiger partial charge is 0.323 e. The quantitative estimate of drug-likeness (QED) is 0.0216. The fraction of sp³-hybridized carbons (Fsp3) is 0.885. The van der Waals surface area contributed by atoms with Crippen LogP contribution in [0, 0.1) is 23.7 Å². The zero-order valence-corrected chi connectivity index (χ0v) is 46.2. The molecule has 0 amide bonds. The average molecular weight is 1010 g/mol. The van der Waals surface area contributed by atoms with Crippen LogP contribution >= 0.6 is 0 Å². The average Bonchev–Trinajstić information content (AvgIpc) is 3.23. The summed E-state index contributed by atoms with van der Waals surface area (Å²) in [5.74, 6) is -0.499. The number of unbranched alkanes of at least 4 members (excludes halogenated alkanes) is 4. The Morgan fingerprint density at radius 1 is 0.386 bits per heavy atom. The Hall–Kier alpha value is -3.42. The molecule has 18 heteroatoms. The largest absolute Gasteiger partial charge is 0.466 e. The van der Waals surface area contributed by atoms with E-state index in [0.717, 1.165) is 38.5 Å². The molecule has 0 aromatic heterocycles. The van der Waals surface area contributed by atoms with E-state index in [2.05, 4.69) is 13.8 Å². The third kappa shape index (κ3) is 52.4. The Labute approximate surface area is 423 Å². The van der Waals surface area contributed by atoms with E-state index in [9.17, 15) is 28.8 Å². The van der Waals surface area contributed by atoms with Crippen molar-refractivity contribution in [1.29, 1.82) is 0 Å². The van der Waals surface area contributed by atoms with Crippen molar-refractivity contribution in [3.05, 3.63) is 0 Å².